The molecular weight excluding hydrogens is 396 g/mol. The van der Waals surface area contributed by atoms with Crippen LogP contribution in [0.15, 0.2) is 47.4 Å². The van der Waals surface area contributed by atoms with E-state index in [1.807, 2.05) is 6.07 Å². The van der Waals surface area contributed by atoms with Gasteiger partial charge in [-0.3, -0.25) is 4.79 Å². The van der Waals surface area contributed by atoms with Crippen molar-refractivity contribution in [2.45, 2.75) is 17.9 Å². The summed E-state index contributed by atoms with van der Waals surface area (Å²) in [6, 6.07) is 11.0. The second kappa shape index (κ2) is 9.62. The van der Waals surface area contributed by atoms with E-state index in [2.05, 4.69) is 5.32 Å². The third-order valence-electron chi connectivity index (χ3n) is 4.42. The highest BCUT2D eigenvalue weighted by Crippen LogP contribution is 2.29. The third-order valence-corrected chi connectivity index (χ3v) is 6.24. The average molecular weight is 423 g/mol. The Kier molecular flexibility index (Phi) is 7.46. The Morgan fingerprint density at radius 2 is 1.62 bits per heavy atom. The molecule has 0 saturated carbocycles. The Bertz CT molecular complexity index is 944. The van der Waals surface area contributed by atoms with Crippen LogP contribution < -0.4 is 19.5 Å². The first-order valence-electron chi connectivity index (χ1n) is 8.84. The predicted octanol–water partition coefficient (Wildman–Crippen LogP) is 2.21. The Morgan fingerprint density at radius 3 is 2.17 bits per heavy atom. The van der Waals surface area contributed by atoms with Crippen molar-refractivity contribution in [2.75, 3.05) is 34.9 Å². The summed E-state index contributed by atoms with van der Waals surface area (Å²) in [6.45, 7) is 1.49. The van der Waals surface area contributed by atoms with Crippen LogP contribution in [0.3, 0.4) is 0 Å². The van der Waals surface area contributed by atoms with Crippen LogP contribution in [-0.2, 0) is 14.8 Å². The Hall–Kier alpha value is -2.78. The maximum Gasteiger partial charge on any atom is 0.243 e. The zero-order valence-corrected chi connectivity index (χ0v) is 17.9. The molecule has 0 heterocycles. The molecule has 0 aliphatic carbocycles. The van der Waals surface area contributed by atoms with Gasteiger partial charge in [0.05, 0.1) is 38.8 Å². The smallest absolute Gasteiger partial charge is 0.243 e. The quantitative estimate of drug-likeness (QED) is 0.666. The minimum atomic E-state index is -3.80. The molecule has 1 unspecified atom stereocenters. The van der Waals surface area contributed by atoms with E-state index in [-0.39, 0.29) is 17.5 Å². The molecule has 0 aliphatic heterocycles. The topological polar surface area (TPSA) is 94.2 Å². The monoisotopic (exact) mass is 422 g/mol. The minimum absolute atomic E-state index is 0.0848. The maximum atomic E-state index is 12.7. The fourth-order valence-corrected chi connectivity index (χ4v) is 3.83. The van der Waals surface area contributed by atoms with Gasteiger partial charge in [0, 0.05) is 7.05 Å². The highest BCUT2D eigenvalue weighted by atomic mass is 32.2. The van der Waals surface area contributed by atoms with Crippen LogP contribution in [0.2, 0.25) is 0 Å². The molecule has 158 valence electrons. The second-order valence-corrected chi connectivity index (χ2v) is 8.39. The molecule has 0 aliphatic rings. The van der Waals surface area contributed by atoms with Crippen LogP contribution in [0.1, 0.15) is 18.5 Å². The van der Waals surface area contributed by atoms with Gasteiger partial charge in [-0.2, -0.15) is 4.31 Å². The predicted molar refractivity (Wildman–Crippen MR) is 109 cm³/mol. The molecule has 1 amide bonds. The largest absolute Gasteiger partial charge is 0.497 e. The summed E-state index contributed by atoms with van der Waals surface area (Å²) < 4.78 is 41.8. The van der Waals surface area contributed by atoms with Gasteiger partial charge in [-0.25, -0.2) is 8.42 Å². The number of sulfonamides is 1. The first-order chi connectivity index (χ1) is 13.7. The lowest BCUT2D eigenvalue weighted by molar-refractivity contribution is -0.121. The number of hydrogen-bond donors (Lipinski definition) is 1. The molecule has 29 heavy (non-hydrogen) atoms. The molecule has 0 radical (unpaired) electrons. The van der Waals surface area contributed by atoms with Crippen LogP contribution in [0.4, 0.5) is 0 Å². The number of carbonyl (C=O) groups is 1. The summed E-state index contributed by atoms with van der Waals surface area (Å²) >= 11 is 0. The summed E-state index contributed by atoms with van der Waals surface area (Å²) in [5.74, 6) is 1.25. The molecule has 9 heteroatoms. The van der Waals surface area contributed by atoms with Crippen molar-refractivity contribution in [1.29, 1.82) is 0 Å². The molecule has 2 aromatic carbocycles. The van der Waals surface area contributed by atoms with E-state index in [0.717, 1.165) is 9.87 Å². The van der Waals surface area contributed by atoms with E-state index in [0.29, 0.717) is 17.2 Å². The molecular formula is C20H26N2O6S. The van der Waals surface area contributed by atoms with Crippen molar-refractivity contribution < 1.29 is 27.4 Å². The summed E-state index contributed by atoms with van der Waals surface area (Å²) in [4.78, 5) is 12.5. The van der Waals surface area contributed by atoms with Crippen molar-refractivity contribution >= 4 is 15.9 Å². The minimum Gasteiger partial charge on any atom is -0.497 e. The molecule has 1 atom stereocenters. The highest BCUT2D eigenvalue weighted by Gasteiger charge is 2.24. The molecule has 2 aromatic rings. The van der Waals surface area contributed by atoms with Gasteiger partial charge in [-0.05, 0) is 48.9 Å². The summed E-state index contributed by atoms with van der Waals surface area (Å²) in [5, 5.41) is 2.80. The number of hydrogen-bond acceptors (Lipinski definition) is 6. The van der Waals surface area contributed by atoms with Crippen molar-refractivity contribution in [3.63, 3.8) is 0 Å². The molecule has 0 fully saturated rings. The third kappa shape index (κ3) is 5.39. The second-order valence-electron chi connectivity index (χ2n) is 6.34. The lowest BCUT2D eigenvalue weighted by atomic mass is 10.1. The number of rotatable bonds is 9. The van der Waals surface area contributed by atoms with Gasteiger partial charge in [0.15, 0.2) is 11.5 Å². The first-order valence-corrected chi connectivity index (χ1v) is 10.3. The van der Waals surface area contributed by atoms with Crippen LogP contribution >= 0.6 is 0 Å². The van der Waals surface area contributed by atoms with Crippen LogP contribution in [0, 0.1) is 0 Å². The van der Waals surface area contributed by atoms with Crippen molar-refractivity contribution in [3.8, 4) is 17.2 Å². The Balaban J connectivity index is 2.05. The van der Waals surface area contributed by atoms with E-state index in [1.165, 1.54) is 33.4 Å². The van der Waals surface area contributed by atoms with E-state index >= 15 is 0 Å². The molecule has 1 N–H and O–H groups in total. The van der Waals surface area contributed by atoms with Crippen molar-refractivity contribution in [3.05, 3.63) is 48.0 Å². The number of amides is 1. The number of methoxy groups -OCH3 is 3. The molecule has 0 aromatic heterocycles. The zero-order chi connectivity index (χ0) is 21.6. The van der Waals surface area contributed by atoms with Gasteiger partial charge in [-0.15, -0.1) is 0 Å². The van der Waals surface area contributed by atoms with Crippen LogP contribution in [-0.4, -0.2) is 53.6 Å². The number of ether oxygens (including phenoxy) is 3. The number of likely N-dealkylation sites (N-methyl/N-ethyl adjacent to an activating group) is 1. The SMILES string of the molecule is COc1ccc(S(=O)(=O)N(C)CC(=O)NC(C)c2ccc(OC)c(OC)c2)cc1. The highest BCUT2D eigenvalue weighted by molar-refractivity contribution is 7.89. The first kappa shape index (κ1) is 22.5. The molecule has 0 bridgehead atoms. The van der Waals surface area contributed by atoms with E-state index in [9.17, 15) is 13.2 Å². The molecule has 0 spiro atoms. The summed E-state index contributed by atoms with van der Waals surface area (Å²) in [7, 11) is 2.14. The van der Waals surface area contributed by atoms with Gasteiger partial charge < -0.3 is 19.5 Å². The number of nitrogens with zero attached hydrogens (tertiary/aromatic N) is 1. The summed E-state index contributed by atoms with van der Waals surface area (Å²) in [6.07, 6.45) is 0. The van der Waals surface area contributed by atoms with E-state index in [4.69, 9.17) is 14.2 Å². The molecule has 2 rings (SSSR count). The molecule has 8 nitrogen and oxygen atoms in total. The number of benzene rings is 2. The normalized spacial score (nSPS) is 12.3. The fraction of sp³-hybridized carbons (Fsp3) is 0.350. The van der Waals surface area contributed by atoms with E-state index in [1.54, 1.807) is 38.3 Å². The van der Waals surface area contributed by atoms with Crippen molar-refractivity contribution in [2.24, 2.45) is 0 Å². The zero-order valence-electron chi connectivity index (χ0n) is 17.1. The Labute approximate surface area is 171 Å². The Morgan fingerprint density at radius 1 is 1.00 bits per heavy atom. The van der Waals surface area contributed by atoms with E-state index < -0.39 is 15.9 Å². The summed E-state index contributed by atoms with van der Waals surface area (Å²) in [5.41, 5.74) is 0.802. The van der Waals surface area contributed by atoms with Crippen LogP contribution in [0.5, 0.6) is 17.2 Å². The van der Waals surface area contributed by atoms with Gasteiger partial charge >= 0.3 is 0 Å². The fourth-order valence-electron chi connectivity index (χ4n) is 2.71. The maximum absolute atomic E-state index is 12.7. The molecule has 0 saturated heterocycles. The van der Waals surface area contributed by atoms with Gasteiger partial charge in [0.25, 0.3) is 0 Å². The van der Waals surface area contributed by atoms with Crippen molar-refractivity contribution in [1.82, 2.24) is 9.62 Å². The number of nitrogens with one attached hydrogen (secondary N) is 1. The van der Waals surface area contributed by atoms with Gasteiger partial charge in [0.2, 0.25) is 15.9 Å². The lowest BCUT2D eigenvalue weighted by Gasteiger charge is -2.20. The average Bonchev–Trinajstić information content (AvgIpc) is 2.72. The van der Waals surface area contributed by atoms with Gasteiger partial charge in [-0.1, -0.05) is 6.07 Å². The lowest BCUT2D eigenvalue weighted by Crippen LogP contribution is -2.39. The number of carbonyl (C=O) groups excluding carboxylic acids is 1. The standard InChI is InChI=1S/C20H26N2O6S/c1-14(15-6-11-18(27-4)19(12-15)28-5)21-20(23)13-22(2)29(24,25)17-9-7-16(26-3)8-10-17/h6-12,14H,13H2,1-5H3,(H,21,23). The van der Waals surface area contributed by atoms with Crippen LogP contribution in [0.25, 0.3) is 0 Å². The van der Waals surface area contributed by atoms with Gasteiger partial charge in [0.1, 0.15) is 5.75 Å².